The number of piperidine rings is 2. The van der Waals surface area contributed by atoms with E-state index in [1.54, 1.807) is 0 Å². The smallest absolute Gasteiger partial charge is 0.254 e. The molecule has 4 heteroatoms. The van der Waals surface area contributed by atoms with Gasteiger partial charge in [0.15, 0.2) is 0 Å². The summed E-state index contributed by atoms with van der Waals surface area (Å²) in [6.45, 7) is 7.15. The van der Waals surface area contributed by atoms with Gasteiger partial charge in [0.1, 0.15) is 0 Å². The summed E-state index contributed by atoms with van der Waals surface area (Å²) in [5.74, 6) is 0.182. The Morgan fingerprint density at radius 3 is 2.30 bits per heavy atom. The van der Waals surface area contributed by atoms with Crippen molar-refractivity contribution < 1.29 is 4.79 Å². The highest BCUT2D eigenvalue weighted by molar-refractivity contribution is 5.95. The molecule has 2 saturated heterocycles. The summed E-state index contributed by atoms with van der Waals surface area (Å²) < 4.78 is 0. The lowest BCUT2D eigenvalue weighted by Gasteiger charge is -2.45. The van der Waals surface area contributed by atoms with E-state index in [2.05, 4.69) is 60.0 Å². The molecule has 0 bridgehead atoms. The van der Waals surface area contributed by atoms with Crippen LogP contribution in [0.3, 0.4) is 0 Å². The molecule has 0 aliphatic carbocycles. The lowest BCUT2D eigenvalue weighted by Crippen LogP contribution is -2.54. The van der Waals surface area contributed by atoms with Crippen molar-refractivity contribution in [2.24, 2.45) is 5.73 Å². The van der Waals surface area contributed by atoms with Crippen LogP contribution in [0.2, 0.25) is 0 Å². The molecule has 2 aromatic rings. The second-order valence-electron chi connectivity index (χ2n) is 9.27. The van der Waals surface area contributed by atoms with Gasteiger partial charge in [0, 0.05) is 30.2 Å². The zero-order valence-corrected chi connectivity index (χ0v) is 18.4. The maximum atomic E-state index is 13.5. The average molecular weight is 406 g/mol. The van der Waals surface area contributed by atoms with Crippen LogP contribution in [0, 0.1) is 13.8 Å². The highest BCUT2D eigenvalue weighted by Crippen LogP contribution is 2.28. The van der Waals surface area contributed by atoms with E-state index in [1.807, 2.05) is 12.1 Å². The fraction of sp³-hybridized carbons (Fsp3) is 0.500. The highest BCUT2D eigenvalue weighted by Gasteiger charge is 2.35. The van der Waals surface area contributed by atoms with E-state index in [9.17, 15) is 4.79 Å². The number of carbonyl (C=O) groups is 1. The van der Waals surface area contributed by atoms with Crippen LogP contribution < -0.4 is 5.73 Å². The predicted molar refractivity (Wildman–Crippen MR) is 123 cm³/mol. The van der Waals surface area contributed by atoms with E-state index in [1.165, 1.54) is 5.56 Å². The minimum atomic E-state index is 0.182. The van der Waals surface area contributed by atoms with Gasteiger partial charge in [-0.2, -0.15) is 0 Å². The zero-order chi connectivity index (χ0) is 21.1. The summed E-state index contributed by atoms with van der Waals surface area (Å²) in [5.41, 5.74) is 10.6. The van der Waals surface area contributed by atoms with E-state index in [-0.39, 0.29) is 11.9 Å². The molecule has 0 saturated carbocycles. The highest BCUT2D eigenvalue weighted by atomic mass is 16.2. The lowest BCUT2D eigenvalue weighted by atomic mass is 9.89. The maximum Gasteiger partial charge on any atom is 0.254 e. The molecule has 2 aromatic carbocycles. The van der Waals surface area contributed by atoms with Crippen molar-refractivity contribution in [3.8, 4) is 0 Å². The first-order chi connectivity index (χ1) is 14.5. The number of aryl methyl sites for hydroxylation is 2. The van der Waals surface area contributed by atoms with Gasteiger partial charge in [-0.15, -0.1) is 0 Å². The SMILES string of the molecule is Cc1cc(C)cc(C(=O)N2CC[C@@H](N3CCC(N)CC3)C[C@H]2Cc2ccccc2)c1. The molecule has 30 heavy (non-hydrogen) atoms. The van der Waals surface area contributed by atoms with Crippen molar-refractivity contribution in [1.29, 1.82) is 0 Å². The normalized spacial score (nSPS) is 23.5. The number of rotatable bonds is 4. The van der Waals surface area contributed by atoms with Crippen LogP contribution in [0.25, 0.3) is 0 Å². The van der Waals surface area contributed by atoms with E-state index in [0.29, 0.717) is 12.1 Å². The van der Waals surface area contributed by atoms with E-state index in [0.717, 1.165) is 68.4 Å². The van der Waals surface area contributed by atoms with Crippen molar-refractivity contribution in [2.75, 3.05) is 19.6 Å². The lowest BCUT2D eigenvalue weighted by molar-refractivity contribution is 0.0384. The first-order valence-electron chi connectivity index (χ1n) is 11.4. The summed E-state index contributed by atoms with van der Waals surface area (Å²) >= 11 is 0. The molecule has 4 nitrogen and oxygen atoms in total. The van der Waals surface area contributed by atoms with Gasteiger partial charge in [0.2, 0.25) is 0 Å². The Morgan fingerprint density at radius 2 is 1.63 bits per heavy atom. The summed E-state index contributed by atoms with van der Waals surface area (Å²) in [4.78, 5) is 18.3. The molecule has 160 valence electrons. The number of benzene rings is 2. The Bertz CT molecular complexity index is 838. The number of hydrogen-bond acceptors (Lipinski definition) is 3. The first-order valence-corrected chi connectivity index (χ1v) is 11.4. The van der Waals surface area contributed by atoms with Crippen LogP contribution >= 0.6 is 0 Å². The van der Waals surface area contributed by atoms with E-state index in [4.69, 9.17) is 5.73 Å². The summed E-state index contributed by atoms with van der Waals surface area (Å²) in [6, 6.07) is 18.0. The number of amides is 1. The number of likely N-dealkylation sites (tertiary alicyclic amines) is 2. The standard InChI is InChI=1S/C26H35N3O/c1-19-14-20(2)16-22(15-19)26(30)29-13-10-24(28-11-8-23(27)9-12-28)18-25(29)17-21-6-4-3-5-7-21/h3-7,14-16,23-25H,8-13,17-18,27H2,1-2H3/t24-,25-/m1/s1. The average Bonchev–Trinajstić information content (AvgIpc) is 2.74. The van der Waals surface area contributed by atoms with Crippen LogP contribution in [-0.2, 0) is 6.42 Å². The van der Waals surface area contributed by atoms with Crippen molar-refractivity contribution in [3.05, 3.63) is 70.8 Å². The quantitative estimate of drug-likeness (QED) is 0.838. The summed E-state index contributed by atoms with van der Waals surface area (Å²) in [6.07, 6.45) is 5.19. The van der Waals surface area contributed by atoms with Gasteiger partial charge in [-0.1, -0.05) is 47.5 Å². The molecule has 1 amide bonds. The maximum absolute atomic E-state index is 13.5. The summed E-state index contributed by atoms with van der Waals surface area (Å²) in [5, 5.41) is 0. The van der Waals surface area contributed by atoms with Gasteiger partial charge >= 0.3 is 0 Å². The van der Waals surface area contributed by atoms with Gasteiger partial charge in [-0.05, 0) is 76.7 Å². The van der Waals surface area contributed by atoms with Crippen LogP contribution in [-0.4, -0.2) is 53.5 Å². The van der Waals surface area contributed by atoms with Crippen molar-refractivity contribution in [3.63, 3.8) is 0 Å². The Kier molecular flexibility index (Phi) is 6.55. The molecule has 2 fully saturated rings. The second kappa shape index (κ2) is 9.32. The number of carbonyl (C=O) groups excluding carboxylic acids is 1. The Morgan fingerprint density at radius 1 is 0.967 bits per heavy atom. The predicted octanol–water partition coefficient (Wildman–Crippen LogP) is 3.94. The molecule has 4 rings (SSSR count). The zero-order valence-electron chi connectivity index (χ0n) is 18.4. The fourth-order valence-corrected chi connectivity index (χ4v) is 5.26. The van der Waals surface area contributed by atoms with E-state index >= 15 is 0 Å². The Balaban J connectivity index is 1.54. The Labute approximate surface area is 181 Å². The molecule has 0 radical (unpaired) electrons. The third-order valence-electron chi connectivity index (χ3n) is 6.82. The van der Waals surface area contributed by atoms with Gasteiger partial charge in [-0.25, -0.2) is 0 Å². The summed E-state index contributed by atoms with van der Waals surface area (Å²) in [7, 11) is 0. The van der Waals surface area contributed by atoms with Crippen molar-refractivity contribution in [2.45, 2.75) is 64.1 Å². The molecule has 2 heterocycles. The van der Waals surface area contributed by atoms with Gasteiger partial charge < -0.3 is 15.5 Å². The number of nitrogens with zero attached hydrogens (tertiary/aromatic N) is 2. The van der Waals surface area contributed by atoms with Crippen LogP contribution in [0.15, 0.2) is 48.5 Å². The Hall–Kier alpha value is -2.17. The number of hydrogen-bond donors (Lipinski definition) is 1. The van der Waals surface area contributed by atoms with Gasteiger partial charge in [-0.3, -0.25) is 4.79 Å². The fourth-order valence-electron chi connectivity index (χ4n) is 5.26. The van der Waals surface area contributed by atoms with Gasteiger partial charge in [0.25, 0.3) is 5.91 Å². The van der Waals surface area contributed by atoms with Crippen LogP contribution in [0.5, 0.6) is 0 Å². The molecular weight excluding hydrogens is 370 g/mol. The molecule has 2 N–H and O–H groups in total. The minimum Gasteiger partial charge on any atom is -0.335 e. The van der Waals surface area contributed by atoms with Gasteiger partial charge in [0.05, 0.1) is 0 Å². The first kappa shape index (κ1) is 21.1. The van der Waals surface area contributed by atoms with Crippen LogP contribution in [0.1, 0.15) is 52.7 Å². The molecule has 0 unspecified atom stereocenters. The largest absolute Gasteiger partial charge is 0.335 e. The van der Waals surface area contributed by atoms with Crippen molar-refractivity contribution >= 4 is 5.91 Å². The molecule has 2 aliphatic heterocycles. The molecule has 2 aliphatic rings. The molecular formula is C26H35N3O. The topological polar surface area (TPSA) is 49.6 Å². The molecule has 0 aromatic heterocycles. The molecule has 0 spiro atoms. The second-order valence-corrected chi connectivity index (χ2v) is 9.27. The number of nitrogens with two attached hydrogens (primary N) is 1. The third kappa shape index (κ3) is 4.93. The van der Waals surface area contributed by atoms with Crippen molar-refractivity contribution in [1.82, 2.24) is 9.80 Å². The minimum absolute atomic E-state index is 0.182. The van der Waals surface area contributed by atoms with E-state index < -0.39 is 0 Å². The monoisotopic (exact) mass is 405 g/mol. The molecule has 2 atom stereocenters. The van der Waals surface area contributed by atoms with Crippen LogP contribution in [0.4, 0.5) is 0 Å². The third-order valence-corrected chi connectivity index (χ3v) is 6.82.